The van der Waals surface area contributed by atoms with Crippen molar-refractivity contribution >= 4 is 34.7 Å². The minimum atomic E-state index is -0.975. The van der Waals surface area contributed by atoms with Gasteiger partial charge in [-0.3, -0.25) is 4.79 Å². The van der Waals surface area contributed by atoms with Crippen LogP contribution in [0.3, 0.4) is 0 Å². The summed E-state index contributed by atoms with van der Waals surface area (Å²) in [6.07, 6.45) is 0. The summed E-state index contributed by atoms with van der Waals surface area (Å²) in [7, 11) is 0. The number of thioether (sulfide) groups is 1. The van der Waals surface area contributed by atoms with Crippen LogP contribution in [-0.4, -0.2) is 50.7 Å². The number of carboxylic acids is 1. The number of carboxylic acid groups (broad SMARTS) is 1. The quantitative estimate of drug-likeness (QED) is 0.799. The maximum atomic E-state index is 11.9. The van der Waals surface area contributed by atoms with Crippen molar-refractivity contribution in [1.82, 2.24) is 14.9 Å². The van der Waals surface area contributed by atoms with Crippen LogP contribution in [0.5, 0.6) is 0 Å². The summed E-state index contributed by atoms with van der Waals surface area (Å²) < 4.78 is 0. The monoisotopic (exact) mass is 307 g/mol. The Bertz CT molecular complexity index is 665. The molecule has 6 nitrogen and oxygen atoms in total. The molecular formula is C14H17N3O3S. The molecule has 2 rings (SSSR count). The molecule has 21 heavy (non-hydrogen) atoms. The topological polar surface area (TPSA) is 86.3 Å². The van der Waals surface area contributed by atoms with Crippen molar-refractivity contribution in [3.8, 4) is 0 Å². The third kappa shape index (κ3) is 3.55. The molecule has 0 aliphatic heterocycles. The molecule has 0 spiro atoms. The number of benzene rings is 1. The number of aromatic carboxylic acids is 1. The SMILES string of the molecule is CCN(CC)C(=O)CSc1nc2ccc(C(=O)O)cc2[nH]1. The number of rotatable bonds is 6. The molecule has 0 aliphatic carbocycles. The predicted octanol–water partition coefficient (Wildman–Crippen LogP) is 2.22. The van der Waals surface area contributed by atoms with E-state index in [1.54, 1.807) is 17.0 Å². The molecule has 2 N–H and O–H groups in total. The van der Waals surface area contributed by atoms with Crippen molar-refractivity contribution in [1.29, 1.82) is 0 Å². The van der Waals surface area contributed by atoms with Gasteiger partial charge >= 0.3 is 5.97 Å². The Hall–Kier alpha value is -2.02. The van der Waals surface area contributed by atoms with Gasteiger partial charge in [-0.15, -0.1) is 0 Å². The van der Waals surface area contributed by atoms with Gasteiger partial charge in [0.05, 0.1) is 22.3 Å². The zero-order valence-corrected chi connectivity index (χ0v) is 12.7. The molecule has 0 saturated heterocycles. The Morgan fingerprint density at radius 3 is 2.67 bits per heavy atom. The van der Waals surface area contributed by atoms with Crippen LogP contribution in [0.25, 0.3) is 11.0 Å². The Morgan fingerprint density at radius 2 is 2.05 bits per heavy atom. The first-order valence-corrected chi connectivity index (χ1v) is 7.67. The summed E-state index contributed by atoms with van der Waals surface area (Å²) >= 11 is 1.32. The van der Waals surface area contributed by atoms with Crippen molar-refractivity contribution in [2.24, 2.45) is 0 Å². The highest BCUT2D eigenvalue weighted by molar-refractivity contribution is 7.99. The van der Waals surface area contributed by atoms with E-state index in [1.165, 1.54) is 17.8 Å². The lowest BCUT2D eigenvalue weighted by molar-refractivity contribution is -0.127. The van der Waals surface area contributed by atoms with E-state index in [2.05, 4.69) is 9.97 Å². The van der Waals surface area contributed by atoms with Crippen LogP contribution in [0.4, 0.5) is 0 Å². The third-order valence-corrected chi connectivity index (χ3v) is 4.01. The Morgan fingerprint density at radius 1 is 1.33 bits per heavy atom. The predicted molar refractivity (Wildman–Crippen MR) is 81.7 cm³/mol. The lowest BCUT2D eigenvalue weighted by Gasteiger charge is -2.17. The second-order valence-corrected chi connectivity index (χ2v) is 5.40. The molecule has 0 unspecified atom stereocenters. The summed E-state index contributed by atoms with van der Waals surface area (Å²) in [4.78, 5) is 32.0. The van der Waals surface area contributed by atoms with Gasteiger partial charge in [-0.2, -0.15) is 0 Å². The van der Waals surface area contributed by atoms with E-state index < -0.39 is 5.97 Å². The second-order valence-electron chi connectivity index (χ2n) is 4.43. The molecule has 1 aromatic carbocycles. The molecule has 0 bridgehead atoms. The highest BCUT2D eigenvalue weighted by Crippen LogP contribution is 2.20. The van der Waals surface area contributed by atoms with E-state index in [-0.39, 0.29) is 11.5 Å². The molecular weight excluding hydrogens is 290 g/mol. The first-order valence-electron chi connectivity index (χ1n) is 6.68. The molecule has 1 amide bonds. The van der Waals surface area contributed by atoms with Crippen LogP contribution in [0.2, 0.25) is 0 Å². The van der Waals surface area contributed by atoms with E-state index in [0.29, 0.717) is 35.0 Å². The Kier molecular flexibility index (Phi) is 4.85. The number of imidazole rings is 1. The maximum Gasteiger partial charge on any atom is 0.335 e. The van der Waals surface area contributed by atoms with Crippen molar-refractivity contribution in [2.45, 2.75) is 19.0 Å². The van der Waals surface area contributed by atoms with E-state index >= 15 is 0 Å². The summed E-state index contributed by atoms with van der Waals surface area (Å²) in [5, 5.41) is 9.57. The van der Waals surface area contributed by atoms with Crippen LogP contribution in [0.1, 0.15) is 24.2 Å². The average Bonchev–Trinajstić information content (AvgIpc) is 2.88. The van der Waals surface area contributed by atoms with E-state index in [9.17, 15) is 9.59 Å². The van der Waals surface area contributed by atoms with Crippen LogP contribution >= 0.6 is 11.8 Å². The van der Waals surface area contributed by atoms with Gasteiger partial charge in [0.15, 0.2) is 5.16 Å². The second kappa shape index (κ2) is 6.62. The number of aromatic nitrogens is 2. The van der Waals surface area contributed by atoms with Gasteiger partial charge in [-0.05, 0) is 32.0 Å². The van der Waals surface area contributed by atoms with Gasteiger partial charge in [0, 0.05) is 13.1 Å². The van der Waals surface area contributed by atoms with Gasteiger partial charge in [-0.25, -0.2) is 9.78 Å². The highest BCUT2D eigenvalue weighted by Gasteiger charge is 2.12. The van der Waals surface area contributed by atoms with Crippen LogP contribution in [-0.2, 0) is 4.79 Å². The fourth-order valence-electron chi connectivity index (χ4n) is 1.99. The Labute approximate surface area is 126 Å². The molecule has 1 heterocycles. The molecule has 7 heteroatoms. The fraction of sp³-hybridized carbons (Fsp3) is 0.357. The normalized spacial score (nSPS) is 10.8. The van der Waals surface area contributed by atoms with Crippen LogP contribution in [0.15, 0.2) is 23.4 Å². The summed E-state index contributed by atoms with van der Waals surface area (Å²) in [5.74, 6) is -0.595. The summed E-state index contributed by atoms with van der Waals surface area (Å²) in [5.41, 5.74) is 1.56. The zero-order chi connectivity index (χ0) is 15.4. The molecule has 0 fully saturated rings. The molecule has 1 aromatic heterocycles. The van der Waals surface area contributed by atoms with Crippen molar-refractivity contribution in [2.75, 3.05) is 18.8 Å². The first kappa shape index (κ1) is 15.4. The lowest BCUT2D eigenvalue weighted by atomic mass is 10.2. The number of hydrogen-bond acceptors (Lipinski definition) is 4. The average molecular weight is 307 g/mol. The van der Waals surface area contributed by atoms with E-state index in [4.69, 9.17) is 5.11 Å². The Balaban J connectivity index is 2.09. The number of nitrogens with zero attached hydrogens (tertiary/aromatic N) is 2. The zero-order valence-electron chi connectivity index (χ0n) is 11.9. The number of aromatic amines is 1. The standard InChI is InChI=1S/C14H17N3O3S/c1-3-17(4-2)12(18)8-21-14-15-10-6-5-9(13(19)20)7-11(10)16-14/h5-7H,3-4,8H2,1-2H3,(H,15,16)(H,19,20). The van der Waals surface area contributed by atoms with Gasteiger partial charge < -0.3 is 15.0 Å². The van der Waals surface area contributed by atoms with Gasteiger partial charge in [0.2, 0.25) is 5.91 Å². The fourth-order valence-corrected chi connectivity index (χ4v) is 2.77. The number of carbonyl (C=O) groups excluding carboxylic acids is 1. The summed E-state index contributed by atoms with van der Waals surface area (Å²) in [6, 6.07) is 4.72. The van der Waals surface area contributed by atoms with Gasteiger partial charge in [0.25, 0.3) is 0 Å². The van der Waals surface area contributed by atoms with Crippen molar-refractivity contribution in [3.63, 3.8) is 0 Å². The minimum Gasteiger partial charge on any atom is -0.478 e. The number of carbonyl (C=O) groups is 2. The highest BCUT2D eigenvalue weighted by atomic mass is 32.2. The largest absolute Gasteiger partial charge is 0.478 e. The lowest BCUT2D eigenvalue weighted by Crippen LogP contribution is -2.31. The minimum absolute atomic E-state index is 0.0664. The van der Waals surface area contributed by atoms with Crippen LogP contribution in [0, 0.1) is 0 Å². The van der Waals surface area contributed by atoms with Crippen molar-refractivity contribution in [3.05, 3.63) is 23.8 Å². The molecule has 0 saturated carbocycles. The number of hydrogen-bond donors (Lipinski definition) is 2. The molecule has 2 aromatic rings. The number of nitrogens with one attached hydrogen (secondary N) is 1. The van der Waals surface area contributed by atoms with Crippen LogP contribution < -0.4 is 0 Å². The number of amides is 1. The maximum absolute atomic E-state index is 11.9. The third-order valence-electron chi connectivity index (χ3n) is 3.16. The molecule has 0 radical (unpaired) electrons. The number of H-pyrrole nitrogens is 1. The number of fused-ring (bicyclic) bond motifs is 1. The molecule has 112 valence electrons. The van der Waals surface area contributed by atoms with Gasteiger partial charge in [-0.1, -0.05) is 11.8 Å². The molecule has 0 aliphatic rings. The van der Waals surface area contributed by atoms with E-state index in [0.717, 1.165) is 0 Å². The van der Waals surface area contributed by atoms with Gasteiger partial charge in [0.1, 0.15) is 0 Å². The first-order chi connectivity index (χ1) is 10.0. The van der Waals surface area contributed by atoms with E-state index in [1.807, 2.05) is 13.8 Å². The van der Waals surface area contributed by atoms with Crippen molar-refractivity contribution < 1.29 is 14.7 Å². The molecule has 0 atom stereocenters. The summed E-state index contributed by atoms with van der Waals surface area (Å²) in [6.45, 7) is 5.28. The smallest absolute Gasteiger partial charge is 0.335 e.